The summed E-state index contributed by atoms with van der Waals surface area (Å²) in [5, 5.41) is 16.8. The van der Waals surface area contributed by atoms with Crippen molar-refractivity contribution in [3.05, 3.63) is 35.6 Å². The van der Waals surface area contributed by atoms with Crippen LogP contribution in [0.25, 0.3) is 0 Å². The highest BCUT2D eigenvalue weighted by molar-refractivity contribution is 8.02. The van der Waals surface area contributed by atoms with E-state index >= 15 is 0 Å². The lowest BCUT2D eigenvalue weighted by atomic mass is 10.0. The number of hydrogen-bond donors (Lipinski definition) is 2. The normalized spacial score (nSPS) is 24.5. The maximum absolute atomic E-state index is 12.7. The molecule has 0 radical (unpaired) electrons. The van der Waals surface area contributed by atoms with Crippen LogP contribution < -0.4 is 5.32 Å². The van der Waals surface area contributed by atoms with Crippen LogP contribution >= 0.6 is 23.5 Å². The Kier molecular flexibility index (Phi) is 6.11. The molecule has 2 atom stereocenters. The molecule has 3 aliphatic rings. The van der Waals surface area contributed by atoms with Gasteiger partial charge in [0.1, 0.15) is 23.7 Å². The smallest absolute Gasteiger partial charge is 0.352 e. The summed E-state index contributed by atoms with van der Waals surface area (Å²) in [5.41, 5.74) is -0.141. The van der Waals surface area contributed by atoms with Gasteiger partial charge in [0.05, 0.1) is 6.61 Å². The Morgan fingerprint density at radius 3 is 3.04 bits per heavy atom. The van der Waals surface area contributed by atoms with Gasteiger partial charge in [0.25, 0.3) is 11.8 Å². The van der Waals surface area contributed by atoms with Gasteiger partial charge in [-0.2, -0.15) is 0 Å². The Labute approximate surface area is 163 Å². The van der Waals surface area contributed by atoms with Gasteiger partial charge < -0.3 is 20.0 Å². The summed E-state index contributed by atoms with van der Waals surface area (Å²) in [4.78, 5) is 42.5. The quantitative estimate of drug-likeness (QED) is 0.205. The van der Waals surface area contributed by atoms with Crippen molar-refractivity contribution in [1.29, 1.82) is 0 Å². The number of nitrogens with one attached hydrogen (secondary N) is 1. The van der Waals surface area contributed by atoms with Gasteiger partial charge in [0.15, 0.2) is 5.76 Å². The van der Waals surface area contributed by atoms with Gasteiger partial charge in [-0.1, -0.05) is 17.8 Å². The average Bonchev–Trinajstić information content (AvgIpc) is 2.69. The van der Waals surface area contributed by atoms with Crippen molar-refractivity contribution >= 4 is 47.0 Å². The first-order chi connectivity index (χ1) is 13.0. The Bertz CT molecular complexity index is 763. The third kappa shape index (κ3) is 3.98. The highest BCUT2D eigenvalue weighted by Crippen LogP contribution is 2.37. The first kappa shape index (κ1) is 19.4. The van der Waals surface area contributed by atoms with Gasteiger partial charge in [-0.25, -0.2) is 4.79 Å². The highest BCUT2D eigenvalue weighted by Gasteiger charge is 2.53. The number of thioether (sulfide) groups is 2. The van der Waals surface area contributed by atoms with Crippen LogP contribution in [0, 0.1) is 0 Å². The SMILES string of the molecule is C=CCON=C(C(=O)NC1C(=O)N2C(C(=O)O)=CCS[C@@H]12)C1=CSCCO1. The zero-order valence-electron chi connectivity index (χ0n) is 14.1. The van der Waals surface area contributed by atoms with E-state index < -0.39 is 29.2 Å². The number of carboxylic acid groups (broad SMARTS) is 1. The number of ether oxygens (including phenoxy) is 1. The second-order valence-electron chi connectivity index (χ2n) is 5.50. The molecule has 2 N–H and O–H groups in total. The van der Waals surface area contributed by atoms with E-state index in [0.29, 0.717) is 12.4 Å². The minimum atomic E-state index is -1.17. The first-order valence-electron chi connectivity index (χ1n) is 7.99. The van der Waals surface area contributed by atoms with Crippen LogP contribution in [-0.4, -0.2) is 69.6 Å². The van der Waals surface area contributed by atoms with Crippen molar-refractivity contribution in [2.45, 2.75) is 11.4 Å². The molecule has 0 spiro atoms. The number of hydrogen-bond acceptors (Lipinski definition) is 8. The van der Waals surface area contributed by atoms with Gasteiger partial charge in [0, 0.05) is 16.9 Å². The average molecular weight is 411 g/mol. The number of carboxylic acids is 1. The second-order valence-corrected chi connectivity index (χ2v) is 7.63. The van der Waals surface area contributed by atoms with E-state index in [1.165, 1.54) is 40.6 Å². The van der Waals surface area contributed by atoms with Gasteiger partial charge in [0.2, 0.25) is 5.71 Å². The Hall–Kier alpha value is -2.40. The molecule has 3 heterocycles. The minimum absolute atomic E-state index is 0.0628. The molecule has 11 heteroatoms. The van der Waals surface area contributed by atoms with E-state index in [1.54, 1.807) is 5.41 Å². The summed E-state index contributed by atoms with van der Waals surface area (Å²) < 4.78 is 5.46. The Balaban J connectivity index is 1.73. The van der Waals surface area contributed by atoms with Crippen LogP contribution in [0.2, 0.25) is 0 Å². The molecule has 1 unspecified atom stereocenters. The summed E-state index contributed by atoms with van der Waals surface area (Å²) in [6.07, 6.45) is 2.96. The number of carbonyl (C=O) groups excluding carboxylic acids is 2. The van der Waals surface area contributed by atoms with Crippen LogP contribution in [0.5, 0.6) is 0 Å². The Morgan fingerprint density at radius 2 is 2.37 bits per heavy atom. The molecule has 0 aromatic rings. The summed E-state index contributed by atoms with van der Waals surface area (Å²) in [6.45, 7) is 4.04. The number of carbonyl (C=O) groups is 3. The molecular weight excluding hydrogens is 394 g/mol. The van der Waals surface area contributed by atoms with Gasteiger partial charge in [-0.3, -0.25) is 14.5 Å². The zero-order chi connectivity index (χ0) is 19.4. The molecular formula is C16H17N3O6S2. The molecule has 27 heavy (non-hydrogen) atoms. The lowest BCUT2D eigenvalue weighted by Crippen LogP contribution is -2.70. The fourth-order valence-electron chi connectivity index (χ4n) is 2.59. The van der Waals surface area contributed by atoms with E-state index in [4.69, 9.17) is 9.57 Å². The maximum atomic E-state index is 12.7. The maximum Gasteiger partial charge on any atom is 0.352 e. The molecule has 0 saturated carbocycles. The van der Waals surface area contributed by atoms with Gasteiger partial charge in [-0.05, 0) is 6.08 Å². The van der Waals surface area contributed by atoms with E-state index in [2.05, 4.69) is 17.1 Å². The van der Waals surface area contributed by atoms with Crippen molar-refractivity contribution in [1.82, 2.24) is 10.2 Å². The molecule has 144 valence electrons. The predicted octanol–water partition coefficient (Wildman–Crippen LogP) is 0.518. The van der Waals surface area contributed by atoms with Crippen molar-refractivity contribution < 1.29 is 29.1 Å². The number of rotatable bonds is 7. The summed E-state index contributed by atoms with van der Waals surface area (Å²) >= 11 is 2.85. The van der Waals surface area contributed by atoms with Crippen molar-refractivity contribution in [2.24, 2.45) is 5.16 Å². The monoisotopic (exact) mass is 411 g/mol. The highest BCUT2D eigenvalue weighted by atomic mass is 32.2. The summed E-state index contributed by atoms with van der Waals surface area (Å²) in [6, 6.07) is -0.841. The fraction of sp³-hybridized carbons (Fsp3) is 0.375. The molecule has 0 bridgehead atoms. The molecule has 1 fully saturated rings. The molecule has 9 nitrogen and oxygen atoms in total. The van der Waals surface area contributed by atoms with Crippen LogP contribution in [0.1, 0.15) is 0 Å². The van der Waals surface area contributed by atoms with E-state index in [0.717, 1.165) is 5.75 Å². The van der Waals surface area contributed by atoms with Crippen LogP contribution in [0.15, 0.2) is 40.8 Å². The van der Waals surface area contributed by atoms with Crippen molar-refractivity contribution in [2.75, 3.05) is 24.7 Å². The molecule has 3 aliphatic heterocycles. The van der Waals surface area contributed by atoms with Gasteiger partial charge in [-0.15, -0.1) is 23.5 Å². The number of nitrogens with zero attached hydrogens (tertiary/aromatic N) is 2. The molecule has 3 rings (SSSR count). The van der Waals surface area contributed by atoms with Crippen LogP contribution in [-0.2, 0) is 24.0 Å². The third-order valence-corrected chi connectivity index (χ3v) is 5.76. The molecule has 1 saturated heterocycles. The second kappa shape index (κ2) is 8.53. The lowest BCUT2D eigenvalue weighted by molar-refractivity contribution is -0.150. The lowest BCUT2D eigenvalue weighted by Gasteiger charge is -2.48. The number of β-lactam (4-membered cyclic amide) rings is 1. The molecule has 0 aromatic heterocycles. The van der Waals surface area contributed by atoms with Crippen molar-refractivity contribution in [3.8, 4) is 0 Å². The number of oxime groups is 1. The number of amides is 2. The van der Waals surface area contributed by atoms with Crippen LogP contribution in [0.4, 0.5) is 0 Å². The van der Waals surface area contributed by atoms with E-state index in [-0.39, 0.29) is 23.8 Å². The largest absolute Gasteiger partial charge is 0.490 e. The van der Waals surface area contributed by atoms with E-state index in [9.17, 15) is 19.5 Å². The molecule has 0 aromatic carbocycles. The standard InChI is InChI=1S/C16H17N3O6S2/c1-2-4-25-18-11(10-8-26-7-5-24-10)13(20)17-12-14(21)19-9(16(22)23)3-6-27-15(12)19/h2-3,8,12,15H,1,4-7H2,(H,17,20)(H,22,23)/t12?,15-/m0/s1. The molecule has 2 amide bonds. The van der Waals surface area contributed by atoms with Gasteiger partial charge >= 0.3 is 5.97 Å². The summed E-state index contributed by atoms with van der Waals surface area (Å²) in [5.74, 6) is -0.816. The van der Waals surface area contributed by atoms with Crippen LogP contribution in [0.3, 0.4) is 0 Å². The predicted molar refractivity (Wildman–Crippen MR) is 101 cm³/mol. The first-order valence-corrected chi connectivity index (χ1v) is 10.1. The Morgan fingerprint density at radius 1 is 1.56 bits per heavy atom. The molecule has 0 aliphatic carbocycles. The fourth-order valence-corrected chi connectivity index (χ4v) is 4.42. The summed E-state index contributed by atoms with van der Waals surface area (Å²) in [7, 11) is 0. The number of fused-ring (bicyclic) bond motifs is 1. The number of aliphatic carboxylic acids is 1. The minimum Gasteiger partial charge on any atom is -0.490 e. The van der Waals surface area contributed by atoms with E-state index in [1.807, 2.05) is 0 Å². The third-order valence-electron chi connectivity index (χ3n) is 3.80. The zero-order valence-corrected chi connectivity index (χ0v) is 15.8. The van der Waals surface area contributed by atoms with Crippen molar-refractivity contribution in [3.63, 3.8) is 0 Å². The topological polar surface area (TPSA) is 118 Å².